The van der Waals surface area contributed by atoms with E-state index in [1.54, 1.807) is 20.7 Å². The molecule has 1 aliphatic carbocycles. The number of benzene rings is 7. The van der Waals surface area contributed by atoms with Gasteiger partial charge in [-0.1, -0.05) is 172 Å². The Balaban J connectivity index is 1.21. The molecule has 2 aromatic heterocycles. The molecule has 5 heteroatoms. The second-order valence-corrected chi connectivity index (χ2v) is 28.6. The fraction of sp³-hybridized carbons (Fsp3) is 0.107. The fourth-order valence-corrected chi connectivity index (χ4v) is 20.8. The number of hydrogen-bond acceptors (Lipinski definition) is 3. The van der Waals surface area contributed by atoms with Gasteiger partial charge < -0.3 is 4.90 Å². The van der Waals surface area contributed by atoms with Crippen LogP contribution in [-0.4, -0.2) is 16.1 Å². The summed E-state index contributed by atoms with van der Waals surface area (Å²) in [6.45, 7) is 10.3. The predicted octanol–water partition coefficient (Wildman–Crippen LogP) is 12.3. The topological polar surface area (TPSA) is 3.24 Å². The summed E-state index contributed by atoms with van der Waals surface area (Å²) in [5.41, 5.74) is 12.5. The first-order valence-corrected chi connectivity index (χ1v) is 29.1. The molecule has 0 saturated heterocycles. The molecule has 2 aliphatic heterocycles. The van der Waals surface area contributed by atoms with Gasteiger partial charge in [0, 0.05) is 31.7 Å². The van der Waals surface area contributed by atoms with Crippen molar-refractivity contribution in [2.24, 2.45) is 0 Å². The highest BCUT2D eigenvalue weighted by Gasteiger charge is 2.62. The summed E-state index contributed by atoms with van der Waals surface area (Å²) in [6.07, 6.45) is 0. The van der Waals surface area contributed by atoms with Crippen molar-refractivity contribution in [3.8, 4) is 10.4 Å². The summed E-state index contributed by atoms with van der Waals surface area (Å²) in [7, 11) is -4.16. The van der Waals surface area contributed by atoms with E-state index in [1.165, 1.54) is 53.6 Å². The van der Waals surface area contributed by atoms with E-state index in [1.807, 2.05) is 22.7 Å². The molecule has 294 valence electrons. The summed E-state index contributed by atoms with van der Waals surface area (Å²) >= 11 is 4.00. The second-order valence-electron chi connectivity index (χ2n) is 18.0. The van der Waals surface area contributed by atoms with Crippen LogP contribution in [-0.2, 0) is 10.8 Å². The molecule has 61 heavy (non-hydrogen) atoms. The second kappa shape index (κ2) is 13.3. The lowest BCUT2D eigenvalue weighted by atomic mass is 9.55. The zero-order valence-electron chi connectivity index (χ0n) is 34.8. The minimum atomic E-state index is -2.08. The summed E-state index contributed by atoms with van der Waals surface area (Å²) in [5, 5.41) is 8.59. The van der Waals surface area contributed by atoms with Gasteiger partial charge in [0.15, 0.2) is 0 Å². The van der Waals surface area contributed by atoms with Crippen LogP contribution in [0.25, 0.3) is 10.4 Å². The van der Waals surface area contributed by atoms with Crippen LogP contribution in [0.3, 0.4) is 0 Å². The Morgan fingerprint density at radius 2 is 0.803 bits per heavy atom. The molecule has 0 atom stereocenters. The van der Waals surface area contributed by atoms with Crippen molar-refractivity contribution in [3.63, 3.8) is 0 Å². The number of fused-ring (bicyclic) bond motifs is 14. The van der Waals surface area contributed by atoms with Gasteiger partial charge in [-0.15, -0.1) is 22.7 Å². The Bertz CT molecular complexity index is 2890. The van der Waals surface area contributed by atoms with Crippen molar-refractivity contribution in [2.75, 3.05) is 4.90 Å². The third-order valence-electron chi connectivity index (χ3n) is 14.3. The number of anilines is 3. The Hall–Kier alpha value is -5.83. The Labute approximate surface area is 369 Å². The van der Waals surface area contributed by atoms with E-state index < -0.39 is 27.0 Å². The van der Waals surface area contributed by atoms with E-state index in [0.29, 0.717) is 0 Å². The van der Waals surface area contributed by atoms with Crippen molar-refractivity contribution in [3.05, 3.63) is 243 Å². The van der Waals surface area contributed by atoms with Gasteiger partial charge in [0.25, 0.3) is 0 Å². The van der Waals surface area contributed by atoms with Crippen LogP contribution in [0.2, 0.25) is 26.2 Å². The van der Waals surface area contributed by atoms with Crippen LogP contribution in [0.1, 0.15) is 43.1 Å². The number of nitrogens with zero attached hydrogens (tertiary/aromatic N) is 1. The van der Waals surface area contributed by atoms with E-state index in [4.69, 9.17) is 0 Å². The lowest BCUT2D eigenvalue weighted by Crippen LogP contribution is -2.66. The Morgan fingerprint density at radius 3 is 1.30 bits per heavy atom. The van der Waals surface area contributed by atoms with E-state index in [2.05, 4.69) is 231 Å². The van der Waals surface area contributed by atoms with Crippen LogP contribution in [0, 0.1) is 0 Å². The quantitative estimate of drug-likeness (QED) is 0.159. The number of para-hydroxylation sites is 2. The minimum Gasteiger partial charge on any atom is -0.310 e. The average molecular weight is 852 g/mol. The summed E-state index contributed by atoms with van der Waals surface area (Å²) in [6, 6.07) is 74.1. The first kappa shape index (κ1) is 37.0. The molecule has 0 amide bonds. The highest BCUT2D eigenvalue weighted by Crippen LogP contribution is 2.65. The SMILES string of the molecule is C[Si]1(C)c2ccccc2C2(c3ccccc31)c1cc(-c3cccc(N(c4ccccc4)c4ccccc4)c3)sc1C1(c3ccccc3[Si](C)(C)c3ccccc31)c1ccsc12. The van der Waals surface area contributed by atoms with Gasteiger partial charge in [-0.25, -0.2) is 0 Å². The molecular formula is C56H45NS2Si2. The van der Waals surface area contributed by atoms with Gasteiger partial charge in [-0.2, -0.15) is 0 Å². The van der Waals surface area contributed by atoms with E-state index in [-0.39, 0.29) is 0 Å². The van der Waals surface area contributed by atoms with Crippen molar-refractivity contribution in [1.82, 2.24) is 0 Å². The van der Waals surface area contributed by atoms with E-state index >= 15 is 0 Å². The average Bonchev–Trinajstić information content (AvgIpc) is 3.99. The lowest BCUT2D eigenvalue weighted by Gasteiger charge is -2.54. The monoisotopic (exact) mass is 851 g/mol. The van der Waals surface area contributed by atoms with Gasteiger partial charge in [0.1, 0.15) is 16.1 Å². The predicted molar refractivity (Wildman–Crippen MR) is 266 cm³/mol. The first-order chi connectivity index (χ1) is 29.8. The highest BCUT2D eigenvalue weighted by atomic mass is 32.1. The van der Waals surface area contributed by atoms with Crippen molar-refractivity contribution < 1.29 is 0 Å². The molecule has 0 radical (unpaired) electrons. The number of hydrogen-bond donors (Lipinski definition) is 0. The molecule has 0 fully saturated rings. The molecule has 12 rings (SSSR count). The molecule has 0 unspecified atom stereocenters. The lowest BCUT2D eigenvalue weighted by molar-refractivity contribution is 0.647. The van der Waals surface area contributed by atoms with Crippen LogP contribution >= 0.6 is 22.7 Å². The summed E-state index contributed by atoms with van der Waals surface area (Å²) < 4.78 is 0. The van der Waals surface area contributed by atoms with Gasteiger partial charge in [-0.3, -0.25) is 0 Å². The van der Waals surface area contributed by atoms with Gasteiger partial charge in [-0.05, 0) is 114 Å². The zero-order chi connectivity index (χ0) is 41.1. The van der Waals surface area contributed by atoms with Crippen LogP contribution < -0.4 is 25.6 Å². The zero-order valence-corrected chi connectivity index (χ0v) is 38.4. The molecule has 1 nitrogen and oxygen atoms in total. The smallest absolute Gasteiger partial charge is 0.113 e. The van der Waals surface area contributed by atoms with Gasteiger partial charge in [0.2, 0.25) is 0 Å². The molecule has 0 bridgehead atoms. The highest BCUT2D eigenvalue weighted by molar-refractivity contribution is 7.16. The number of thiophene rings is 2. The van der Waals surface area contributed by atoms with Gasteiger partial charge >= 0.3 is 0 Å². The molecular weight excluding hydrogens is 807 g/mol. The minimum absolute atomic E-state index is 0.472. The third-order valence-corrected chi connectivity index (χ3v) is 23.8. The Kier molecular flexibility index (Phi) is 8.08. The van der Waals surface area contributed by atoms with Crippen molar-refractivity contribution in [2.45, 2.75) is 37.0 Å². The number of rotatable bonds is 4. The van der Waals surface area contributed by atoms with Gasteiger partial charge in [0.05, 0.1) is 10.8 Å². The summed E-state index contributed by atoms with van der Waals surface area (Å²) in [5.74, 6) is 0. The van der Waals surface area contributed by atoms with Crippen molar-refractivity contribution >= 4 is 76.6 Å². The molecule has 4 heterocycles. The van der Waals surface area contributed by atoms with Crippen molar-refractivity contribution in [1.29, 1.82) is 0 Å². The van der Waals surface area contributed by atoms with E-state index in [0.717, 1.165) is 17.1 Å². The van der Waals surface area contributed by atoms with Crippen LogP contribution in [0.4, 0.5) is 17.1 Å². The first-order valence-electron chi connectivity index (χ1n) is 21.4. The maximum atomic E-state index is 2.63. The third kappa shape index (κ3) is 4.86. The van der Waals surface area contributed by atoms with Crippen LogP contribution in [0.5, 0.6) is 0 Å². The largest absolute Gasteiger partial charge is 0.310 e. The maximum Gasteiger partial charge on any atom is 0.113 e. The molecule has 0 saturated carbocycles. The molecule has 7 aromatic carbocycles. The molecule has 2 spiro atoms. The molecule has 9 aromatic rings. The fourth-order valence-electron chi connectivity index (χ4n) is 11.7. The summed E-state index contributed by atoms with van der Waals surface area (Å²) in [4.78, 5) is 6.61. The maximum absolute atomic E-state index is 2.63. The Morgan fingerprint density at radius 1 is 0.377 bits per heavy atom. The van der Waals surface area contributed by atoms with E-state index in [9.17, 15) is 0 Å². The van der Waals surface area contributed by atoms with Crippen LogP contribution in [0.15, 0.2) is 200 Å². The molecule has 0 N–H and O–H groups in total. The molecule has 3 aliphatic rings. The standard InChI is InChI=1S/C56H45NS2Si2/c1-60(2)49-30-15-11-26-42(49)55(43-27-12-16-31-50(43)60)46-34-35-58-53(46)56(44-28-13-17-32-51(44)61(3,4)52-33-18-14-29-45(52)56)47-37-48(59-54(47)55)38-20-19-25-41(36-38)57(39-21-7-5-8-22-39)40-23-9-6-10-24-40/h5-37H,1-4H3. The normalized spacial score (nSPS) is 16.4.